The number of nitrogens with zero attached hydrogens (tertiary/aromatic N) is 2. The minimum absolute atomic E-state index is 0.121. The number of rotatable bonds is 2. The molecule has 21 heavy (non-hydrogen) atoms. The van der Waals surface area contributed by atoms with Gasteiger partial charge in [0.2, 0.25) is 0 Å². The fourth-order valence-electron chi connectivity index (χ4n) is 1.89. The Morgan fingerprint density at radius 3 is 2.71 bits per heavy atom. The predicted octanol–water partition coefficient (Wildman–Crippen LogP) is 3.28. The molecule has 0 aliphatic carbocycles. The minimum atomic E-state index is -0.121. The molecule has 104 valence electrons. The number of aryl methyl sites for hydroxylation is 1. The summed E-state index contributed by atoms with van der Waals surface area (Å²) in [6.07, 6.45) is 5.24. The Morgan fingerprint density at radius 1 is 1.19 bits per heavy atom. The van der Waals surface area contributed by atoms with E-state index in [2.05, 4.69) is 15.3 Å². The molecule has 1 N–H and O–H groups in total. The lowest BCUT2D eigenvalue weighted by molar-refractivity contribution is -0.115. The van der Waals surface area contributed by atoms with E-state index in [1.807, 2.05) is 49.4 Å². The Bertz CT molecular complexity index is 738. The van der Waals surface area contributed by atoms with Crippen LogP contribution in [-0.2, 0) is 4.79 Å². The highest BCUT2D eigenvalue weighted by atomic mass is 32.2. The highest BCUT2D eigenvalue weighted by Gasteiger charge is 2.23. The van der Waals surface area contributed by atoms with Gasteiger partial charge in [0, 0.05) is 12.4 Å². The number of benzene rings is 1. The number of pyridine rings is 1. The number of carbonyl (C=O) groups excluding carboxylic acids is 1. The topological polar surface area (TPSA) is 54.4 Å². The van der Waals surface area contributed by atoms with Gasteiger partial charge in [0.1, 0.15) is 0 Å². The summed E-state index contributed by atoms with van der Waals surface area (Å²) in [5.74, 6) is -0.121. The first kappa shape index (κ1) is 13.6. The molecule has 1 aliphatic rings. The van der Waals surface area contributed by atoms with Crippen LogP contribution in [0, 0.1) is 6.92 Å². The maximum absolute atomic E-state index is 12.0. The van der Waals surface area contributed by atoms with Crippen LogP contribution in [0.2, 0.25) is 0 Å². The van der Waals surface area contributed by atoms with Crippen LogP contribution in [-0.4, -0.2) is 16.1 Å². The molecular formula is C16H13N3OS. The number of hydrogen-bond donors (Lipinski definition) is 1. The van der Waals surface area contributed by atoms with Crippen LogP contribution in [0.3, 0.4) is 0 Å². The van der Waals surface area contributed by atoms with Crippen LogP contribution >= 0.6 is 11.8 Å². The van der Waals surface area contributed by atoms with Crippen molar-refractivity contribution in [3.8, 4) is 0 Å². The molecule has 0 saturated carbocycles. The Kier molecular flexibility index (Phi) is 3.83. The van der Waals surface area contributed by atoms with E-state index in [0.29, 0.717) is 10.1 Å². The number of hydrogen-bond acceptors (Lipinski definition) is 4. The third-order valence-corrected chi connectivity index (χ3v) is 3.90. The van der Waals surface area contributed by atoms with Gasteiger partial charge in [-0.15, -0.1) is 0 Å². The van der Waals surface area contributed by atoms with Gasteiger partial charge >= 0.3 is 0 Å². The lowest BCUT2D eigenvalue weighted by atomic mass is 10.2. The van der Waals surface area contributed by atoms with Gasteiger partial charge in [-0.1, -0.05) is 18.2 Å². The van der Waals surface area contributed by atoms with E-state index >= 15 is 0 Å². The molecule has 0 radical (unpaired) electrons. The van der Waals surface area contributed by atoms with Gasteiger partial charge in [0.25, 0.3) is 5.91 Å². The van der Waals surface area contributed by atoms with Gasteiger partial charge in [-0.05, 0) is 54.1 Å². The summed E-state index contributed by atoms with van der Waals surface area (Å²) >= 11 is 1.35. The summed E-state index contributed by atoms with van der Waals surface area (Å²) in [6, 6.07) is 11.5. The molecule has 0 bridgehead atoms. The number of thioether (sulfide) groups is 1. The van der Waals surface area contributed by atoms with Crippen LogP contribution in [0.25, 0.3) is 6.08 Å². The smallest absolute Gasteiger partial charge is 0.264 e. The van der Waals surface area contributed by atoms with Gasteiger partial charge in [0.15, 0.2) is 5.17 Å². The largest absolute Gasteiger partial charge is 0.300 e. The minimum Gasteiger partial charge on any atom is -0.300 e. The van der Waals surface area contributed by atoms with E-state index in [0.717, 1.165) is 16.8 Å². The fraction of sp³-hybridized carbons (Fsp3) is 0.0625. The Balaban J connectivity index is 1.85. The van der Waals surface area contributed by atoms with E-state index in [-0.39, 0.29) is 5.91 Å². The lowest BCUT2D eigenvalue weighted by Crippen LogP contribution is -2.19. The number of aromatic nitrogens is 1. The fourth-order valence-corrected chi connectivity index (χ4v) is 2.72. The molecule has 1 aliphatic heterocycles. The number of amidine groups is 1. The number of amides is 1. The number of para-hydroxylation sites is 1. The number of aliphatic imine (C=N–C) groups is 1. The van der Waals surface area contributed by atoms with E-state index in [9.17, 15) is 4.79 Å². The van der Waals surface area contributed by atoms with Crippen molar-refractivity contribution in [2.24, 2.45) is 4.99 Å². The van der Waals surface area contributed by atoms with Gasteiger partial charge in [-0.2, -0.15) is 0 Å². The average Bonchev–Trinajstić information content (AvgIpc) is 2.82. The quantitative estimate of drug-likeness (QED) is 0.865. The summed E-state index contributed by atoms with van der Waals surface area (Å²) in [7, 11) is 0. The van der Waals surface area contributed by atoms with Crippen molar-refractivity contribution < 1.29 is 4.79 Å². The number of nitrogens with one attached hydrogen (secondary N) is 1. The van der Waals surface area contributed by atoms with Crippen LogP contribution in [0.15, 0.2) is 58.7 Å². The average molecular weight is 295 g/mol. The summed E-state index contributed by atoms with van der Waals surface area (Å²) in [4.78, 5) is 21.1. The normalized spacial score (nSPS) is 18.2. The SMILES string of the molecule is Cc1ccccc1N=C1NC(=O)/C(=C\c2ccncc2)S1. The molecule has 0 spiro atoms. The molecule has 1 aromatic carbocycles. The molecule has 5 heteroatoms. The Morgan fingerprint density at radius 2 is 1.95 bits per heavy atom. The summed E-state index contributed by atoms with van der Waals surface area (Å²) < 4.78 is 0. The van der Waals surface area contributed by atoms with Crippen LogP contribution in [0.4, 0.5) is 5.69 Å². The zero-order valence-corrected chi connectivity index (χ0v) is 12.2. The second kappa shape index (κ2) is 5.93. The predicted molar refractivity (Wildman–Crippen MR) is 86.2 cm³/mol. The molecule has 1 amide bonds. The second-order valence-electron chi connectivity index (χ2n) is 4.55. The highest BCUT2D eigenvalue weighted by molar-refractivity contribution is 8.18. The number of carbonyl (C=O) groups is 1. The highest BCUT2D eigenvalue weighted by Crippen LogP contribution is 2.28. The van der Waals surface area contributed by atoms with E-state index in [4.69, 9.17) is 0 Å². The third kappa shape index (κ3) is 3.20. The van der Waals surface area contributed by atoms with Crippen molar-refractivity contribution in [1.82, 2.24) is 10.3 Å². The zero-order chi connectivity index (χ0) is 14.7. The van der Waals surface area contributed by atoms with E-state index < -0.39 is 0 Å². The van der Waals surface area contributed by atoms with Crippen LogP contribution < -0.4 is 5.32 Å². The second-order valence-corrected chi connectivity index (χ2v) is 5.58. The third-order valence-electron chi connectivity index (χ3n) is 2.99. The first-order chi connectivity index (χ1) is 10.2. The van der Waals surface area contributed by atoms with E-state index in [1.165, 1.54) is 11.8 Å². The monoisotopic (exact) mass is 295 g/mol. The van der Waals surface area contributed by atoms with Crippen molar-refractivity contribution in [3.05, 3.63) is 64.8 Å². The maximum Gasteiger partial charge on any atom is 0.264 e. The first-order valence-electron chi connectivity index (χ1n) is 6.47. The molecule has 2 heterocycles. The Labute approximate surface area is 127 Å². The molecule has 0 unspecified atom stereocenters. The van der Waals surface area contributed by atoms with Gasteiger partial charge in [-0.3, -0.25) is 9.78 Å². The maximum atomic E-state index is 12.0. The van der Waals surface area contributed by atoms with Crippen LogP contribution in [0.5, 0.6) is 0 Å². The molecule has 2 aromatic rings. The molecule has 3 rings (SSSR count). The summed E-state index contributed by atoms with van der Waals surface area (Å²) in [6.45, 7) is 1.99. The van der Waals surface area contributed by atoms with Gasteiger partial charge in [0.05, 0.1) is 10.6 Å². The van der Waals surface area contributed by atoms with Gasteiger partial charge in [-0.25, -0.2) is 4.99 Å². The van der Waals surface area contributed by atoms with Crippen molar-refractivity contribution in [3.63, 3.8) is 0 Å². The van der Waals surface area contributed by atoms with Gasteiger partial charge < -0.3 is 5.32 Å². The molecule has 1 aromatic heterocycles. The molecule has 1 fully saturated rings. The summed E-state index contributed by atoms with van der Waals surface area (Å²) in [5.41, 5.74) is 2.89. The molecule has 0 atom stereocenters. The Hall–Kier alpha value is -2.40. The first-order valence-corrected chi connectivity index (χ1v) is 7.29. The zero-order valence-electron chi connectivity index (χ0n) is 11.4. The summed E-state index contributed by atoms with van der Waals surface area (Å²) in [5, 5.41) is 3.40. The standard InChI is InChI=1S/C16H13N3OS/c1-11-4-2-3-5-13(11)18-16-19-15(20)14(21-16)10-12-6-8-17-9-7-12/h2-10H,1H3,(H,18,19,20)/b14-10+. The van der Waals surface area contributed by atoms with E-state index in [1.54, 1.807) is 12.4 Å². The molecule has 1 saturated heterocycles. The van der Waals surface area contributed by atoms with Crippen molar-refractivity contribution in [2.75, 3.05) is 0 Å². The lowest BCUT2D eigenvalue weighted by Gasteiger charge is -1.99. The molecular weight excluding hydrogens is 282 g/mol. The molecule has 4 nitrogen and oxygen atoms in total. The van der Waals surface area contributed by atoms with Crippen molar-refractivity contribution >= 4 is 34.6 Å². The van der Waals surface area contributed by atoms with Crippen molar-refractivity contribution in [1.29, 1.82) is 0 Å². The van der Waals surface area contributed by atoms with Crippen LogP contribution in [0.1, 0.15) is 11.1 Å². The van der Waals surface area contributed by atoms with Crippen molar-refractivity contribution in [2.45, 2.75) is 6.92 Å².